The molecule has 1 atom stereocenters. The maximum Gasteiger partial charge on any atom is 0.410 e. The summed E-state index contributed by atoms with van der Waals surface area (Å²) in [7, 11) is 1.44. The largest absolute Gasteiger partial charge is 0.494 e. The molecular weight excluding hydrogens is 409 g/mol. The number of benzene rings is 1. The molecule has 0 spiro atoms. The van der Waals surface area contributed by atoms with Crippen molar-refractivity contribution in [3.63, 3.8) is 0 Å². The van der Waals surface area contributed by atoms with Gasteiger partial charge in [0.15, 0.2) is 16.7 Å². The van der Waals surface area contributed by atoms with Crippen LogP contribution in [0, 0.1) is 5.82 Å². The summed E-state index contributed by atoms with van der Waals surface area (Å²) in [4.78, 5) is 19.1. The number of halogens is 2. The molecule has 0 radical (unpaired) electrons. The van der Waals surface area contributed by atoms with E-state index < -0.39 is 11.4 Å². The highest BCUT2D eigenvalue weighted by molar-refractivity contribution is 6.30. The molecule has 1 amide bonds. The highest BCUT2D eigenvalue weighted by atomic mass is 35.5. The van der Waals surface area contributed by atoms with Gasteiger partial charge in [-0.3, -0.25) is 4.90 Å². The van der Waals surface area contributed by atoms with E-state index in [2.05, 4.69) is 9.55 Å². The molecule has 3 rings (SSSR count). The average Bonchev–Trinajstić information content (AvgIpc) is 3.01. The van der Waals surface area contributed by atoms with Crippen molar-refractivity contribution in [2.75, 3.05) is 13.7 Å². The highest BCUT2D eigenvalue weighted by Gasteiger charge is 2.36. The summed E-state index contributed by atoms with van der Waals surface area (Å²) in [5.41, 5.74) is 1.04. The number of hydrogen-bond donors (Lipinski definition) is 0. The molecule has 0 bridgehead atoms. The number of rotatable bonds is 5. The van der Waals surface area contributed by atoms with Gasteiger partial charge in [-0.2, -0.15) is 0 Å². The topological polar surface area (TPSA) is 56.6 Å². The first-order chi connectivity index (χ1) is 14.1. The van der Waals surface area contributed by atoms with Gasteiger partial charge in [-0.25, -0.2) is 14.2 Å². The van der Waals surface area contributed by atoms with E-state index in [0.29, 0.717) is 31.1 Å². The molecule has 164 valence electrons. The Hall–Kier alpha value is -2.28. The van der Waals surface area contributed by atoms with E-state index in [-0.39, 0.29) is 17.9 Å². The zero-order chi connectivity index (χ0) is 22.1. The van der Waals surface area contributed by atoms with Crippen LogP contribution >= 0.6 is 11.6 Å². The molecule has 8 heteroatoms. The molecule has 0 aliphatic carbocycles. The molecule has 1 aliphatic rings. The first kappa shape index (κ1) is 22.4. The molecular formula is C22H29ClFN3O3. The first-order valence-corrected chi connectivity index (χ1v) is 10.6. The van der Waals surface area contributed by atoms with Crippen molar-refractivity contribution < 1.29 is 18.7 Å². The fraction of sp³-hybridized carbons (Fsp3) is 0.545. The predicted octanol–water partition coefficient (Wildman–Crippen LogP) is 5.17. The maximum absolute atomic E-state index is 14.1. The Kier molecular flexibility index (Phi) is 6.60. The van der Waals surface area contributed by atoms with E-state index in [1.54, 1.807) is 11.0 Å². The molecule has 30 heavy (non-hydrogen) atoms. The van der Waals surface area contributed by atoms with Gasteiger partial charge in [0.25, 0.3) is 0 Å². The number of ether oxygens (including phenoxy) is 2. The fourth-order valence-electron chi connectivity index (χ4n) is 3.83. The minimum absolute atomic E-state index is 0.209. The predicted molar refractivity (Wildman–Crippen MR) is 114 cm³/mol. The number of methoxy groups -OCH3 is 1. The van der Waals surface area contributed by atoms with Crippen LogP contribution in [0.1, 0.15) is 57.2 Å². The second-order valence-electron chi connectivity index (χ2n) is 8.41. The molecule has 1 unspecified atom stereocenters. The number of carbonyl (C=O) groups excluding carboxylic acids is 1. The third kappa shape index (κ3) is 4.72. The van der Waals surface area contributed by atoms with E-state index >= 15 is 0 Å². The number of hydrogen-bond acceptors (Lipinski definition) is 4. The third-order valence-electron chi connectivity index (χ3n) is 5.16. The van der Waals surface area contributed by atoms with Gasteiger partial charge in [0.1, 0.15) is 11.4 Å². The Labute approximate surface area is 181 Å². The molecule has 1 aliphatic heterocycles. The SMILES string of the molecule is CCc1nc(Cl)c2n1CCN(C(=O)OC(C)(C)C)C2CCc1ccc(OC)c(F)c1. The number of aryl methyl sites for hydroxylation is 2. The van der Waals surface area contributed by atoms with E-state index in [4.69, 9.17) is 21.1 Å². The lowest BCUT2D eigenvalue weighted by molar-refractivity contribution is 0.00948. The summed E-state index contributed by atoms with van der Waals surface area (Å²) in [6.07, 6.45) is 1.51. The van der Waals surface area contributed by atoms with E-state index in [1.807, 2.05) is 33.8 Å². The number of carbonyl (C=O) groups is 1. The molecule has 1 aromatic heterocycles. The lowest BCUT2D eigenvalue weighted by Crippen LogP contribution is -2.45. The van der Waals surface area contributed by atoms with Gasteiger partial charge in [0, 0.05) is 19.5 Å². The van der Waals surface area contributed by atoms with Crippen LogP contribution in [0.15, 0.2) is 18.2 Å². The van der Waals surface area contributed by atoms with Gasteiger partial charge in [-0.1, -0.05) is 24.6 Å². The van der Waals surface area contributed by atoms with Gasteiger partial charge in [0.05, 0.1) is 18.8 Å². The van der Waals surface area contributed by atoms with Crippen molar-refractivity contribution >= 4 is 17.7 Å². The molecule has 6 nitrogen and oxygen atoms in total. The van der Waals surface area contributed by atoms with Crippen LogP contribution < -0.4 is 4.74 Å². The van der Waals surface area contributed by atoms with Crippen molar-refractivity contribution in [1.82, 2.24) is 14.5 Å². The lowest BCUT2D eigenvalue weighted by atomic mass is 10.00. The highest BCUT2D eigenvalue weighted by Crippen LogP contribution is 2.36. The van der Waals surface area contributed by atoms with Crippen LogP contribution in [-0.4, -0.2) is 39.8 Å². The standard InChI is InChI=1S/C22H29ClFN3O3/c1-6-18-25-20(23)19-16(9-7-14-8-10-17(29-5)15(24)13-14)26(11-12-27(18)19)21(28)30-22(2,3)4/h8,10,13,16H,6-7,9,11-12H2,1-5H3. The Morgan fingerprint density at radius 2 is 2.07 bits per heavy atom. The molecule has 0 saturated heterocycles. The van der Waals surface area contributed by atoms with Crippen molar-refractivity contribution in [2.24, 2.45) is 0 Å². The van der Waals surface area contributed by atoms with Crippen molar-refractivity contribution in [3.05, 3.63) is 46.3 Å². The summed E-state index contributed by atoms with van der Waals surface area (Å²) in [5, 5.41) is 0.408. The number of imidazole rings is 1. The quantitative estimate of drug-likeness (QED) is 0.647. The number of fused-ring (bicyclic) bond motifs is 1. The number of amides is 1. The molecule has 0 N–H and O–H groups in total. The molecule has 2 aromatic rings. The fourth-order valence-corrected chi connectivity index (χ4v) is 4.16. The molecule has 0 fully saturated rings. The second kappa shape index (κ2) is 8.84. The Morgan fingerprint density at radius 3 is 2.67 bits per heavy atom. The zero-order valence-electron chi connectivity index (χ0n) is 18.2. The smallest absolute Gasteiger partial charge is 0.410 e. The zero-order valence-corrected chi connectivity index (χ0v) is 18.9. The van der Waals surface area contributed by atoms with Gasteiger partial charge in [0.2, 0.25) is 0 Å². The van der Waals surface area contributed by atoms with E-state index in [9.17, 15) is 9.18 Å². The minimum atomic E-state index is -0.600. The van der Waals surface area contributed by atoms with Crippen molar-refractivity contribution in [3.8, 4) is 5.75 Å². The van der Waals surface area contributed by atoms with Crippen LogP contribution in [0.4, 0.5) is 9.18 Å². The van der Waals surface area contributed by atoms with Crippen LogP contribution in [0.2, 0.25) is 5.15 Å². The summed E-state index contributed by atoms with van der Waals surface area (Å²) in [5.74, 6) is 0.707. The first-order valence-electron chi connectivity index (χ1n) is 10.2. The second-order valence-corrected chi connectivity index (χ2v) is 8.76. The van der Waals surface area contributed by atoms with Gasteiger partial charge in [-0.15, -0.1) is 0 Å². The van der Waals surface area contributed by atoms with Gasteiger partial charge >= 0.3 is 6.09 Å². The lowest BCUT2D eigenvalue weighted by Gasteiger charge is -2.38. The van der Waals surface area contributed by atoms with Crippen LogP contribution in [0.25, 0.3) is 0 Å². The minimum Gasteiger partial charge on any atom is -0.494 e. The average molecular weight is 438 g/mol. The summed E-state index contributed by atoms with van der Waals surface area (Å²) < 4.78 is 26.8. The maximum atomic E-state index is 14.1. The summed E-state index contributed by atoms with van der Waals surface area (Å²) >= 11 is 6.50. The number of aromatic nitrogens is 2. The summed E-state index contributed by atoms with van der Waals surface area (Å²) in [6.45, 7) is 8.68. The third-order valence-corrected chi connectivity index (χ3v) is 5.44. The Bertz CT molecular complexity index is 923. The molecule has 0 saturated carbocycles. The monoisotopic (exact) mass is 437 g/mol. The van der Waals surface area contributed by atoms with Crippen LogP contribution in [0.3, 0.4) is 0 Å². The van der Waals surface area contributed by atoms with Gasteiger partial charge in [-0.05, 0) is 51.3 Å². The van der Waals surface area contributed by atoms with E-state index in [1.165, 1.54) is 13.2 Å². The molecule has 1 aromatic carbocycles. The Morgan fingerprint density at radius 1 is 1.33 bits per heavy atom. The van der Waals surface area contributed by atoms with E-state index in [0.717, 1.165) is 23.5 Å². The van der Waals surface area contributed by atoms with Crippen LogP contribution in [-0.2, 0) is 24.1 Å². The van der Waals surface area contributed by atoms with Crippen LogP contribution in [0.5, 0.6) is 5.75 Å². The summed E-state index contributed by atoms with van der Waals surface area (Å²) in [6, 6.07) is 4.61. The van der Waals surface area contributed by atoms with Crippen molar-refractivity contribution in [2.45, 2.75) is 65.1 Å². The Balaban J connectivity index is 1.90. The number of nitrogens with zero attached hydrogens (tertiary/aromatic N) is 3. The normalized spacial score (nSPS) is 16.4. The van der Waals surface area contributed by atoms with Gasteiger partial charge < -0.3 is 14.0 Å². The molecule has 2 heterocycles. The van der Waals surface area contributed by atoms with Crippen molar-refractivity contribution in [1.29, 1.82) is 0 Å².